The summed E-state index contributed by atoms with van der Waals surface area (Å²) in [6, 6.07) is 9.27. The average Bonchev–Trinajstić information content (AvgIpc) is 2.33. The van der Waals surface area contributed by atoms with Crippen LogP contribution in [-0.4, -0.2) is 6.54 Å². The first-order valence-electron chi connectivity index (χ1n) is 6.10. The van der Waals surface area contributed by atoms with Crippen LogP contribution in [0.2, 0.25) is 0 Å². The fourth-order valence-electron chi connectivity index (χ4n) is 1.93. The van der Waals surface area contributed by atoms with Crippen molar-refractivity contribution in [1.29, 1.82) is 0 Å². The molecule has 0 heterocycles. The van der Waals surface area contributed by atoms with Gasteiger partial charge in [-0.2, -0.15) is 0 Å². The Hall–Kier alpha value is -2.10. The van der Waals surface area contributed by atoms with Crippen molar-refractivity contribution in [2.45, 2.75) is 13.3 Å². The number of rotatable bonds is 4. The van der Waals surface area contributed by atoms with Crippen molar-refractivity contribution in [1.82, 2.24) is 0 Å². The second-order valence-corrected chi connectivity index (χ2v) is 4.49. The second kappa shape index (κ2) is 5.69. The topological polar surface area (TPSA) is 38.0 Å². The van der Waals surface area contributed by atoms with Gasteiger partial charge in [0.1, 0.15) is 11.6 Å². The minimum atomic E-state index is -0.551. The van der Waals surface area contributed by atoms with Crippen molar-refractivity contribution in [3.05, 3.63) is 59.2 Å². The van der Waals surface area contributed by atoms with Gasteiger partial charge in [0.25, 0.3) is 0 Å². The summed E-state index contributed by atoms with van der Waals surface area (Å²) in [6.45, 7) is 2.50. The number of benzene rings is 2. The first kappa shape index (κ1) is 13.3. The van der Waals surface area contributed by atoms with Crippen molar-refractivity contribution in [2.75, 3.05) is 17.6 Å². The third-order valence-electron chi connectivity index (χ3n) is 2.98. The Morgan fingerprint density at radius 3 is 2.47 bits per heavy atom. The number of hydrogen-bond donors (Lipinski definition) is 2. The molecule has 0 atom stereocenters. The number of aryl methyl sites for hydroxylation is 1. The minimum Gasteiger partial charge on any atom is -0.397 e. The van der Waals surface area contributed by atoms with Gasteiger partial charge in [0.2, 0.25) is 0 Å². The molecule has 0 saturated heterocycles. The van der Waals surface area contributed by atoms with Crippen molar-refractivity contribution in [3.8, 4) is 0 Å². The lowest BCUT2D eigenvalue weighted by Gasteiger charge is -2.11. The number of nitrogens with one attached hydrogen (secondary N) is 1. The molecule has 0 bridgehead atoms. The third kappa shape index (κ3) is 3.44. The van der Waals surface area contributed by atoms with Crippen LogP contribution >= 0.6 is 0 Å². The van der Waals surface area contributed by atoms with Gasteiger partial charge in [0.05, 0.1) is 11.4 Å². The van der Waals surface area contributed by atoms with Crippen molar-refractivity contribution < 1.29 is 8.78 Å². The molecule has 0 fully saturated rings. The van der Waals surface area contributed by atoms with Crippen LogP contribution in [0.15, 0.2) is 36.4 Å². The molecule has 3 N–H and O–H groups in total. The van der Waals surface area contributed by atoms with Crippen LogP contribution < -0.4 is 11.1 Å². The normalized spacial score (nSPS) is 10.5. The van der Waals surface area contributed by atoms with E-state index in [2.05, 4.69) is 5.32 Å². The summed E-state index contributed by atoms with van der Waals surface area (Å²) >= 11 is 0. The lowest BCUT2D eigenvalue weighted by atomic mass is 10.1. The van der Waals surface area contributed by atoms with Gasteiger partial charge in [-0.3, -0.25) is 0 Å². The van der Waals surface area contributed by atoms with E-state index in [0.717, 1.165) is 17.3 Å². The predicted octanol–water partition coefficient (Wildman–Crippen LogP) is 3.51. The molecule has 0 unspecified atom stereocenters. The van der Waals surface area contributed by atoms with Gasteiger partial charge < -0.3 is 11.1 Å². The minimum absolute atomic E-state index is 0.530. The van der Waals surface area contributed by atoms with Crippen molar-refractivity contribution in [3.63, 3.8) is 0 Å². The Kier molecular flexibility index (Phi) is 4.00. The Morgan fingerprint density at radius 1 is 1.11 bits per heavy atom. The van der Waals surface area contributed by atoms with E-state index < -0.39 is 11.6 Å². The summed E-state index contributed by atoms with van der Waals surface area (Å²) in [7, 11) is 0. The van der Waals surface area contributed by atoms with Gasteiger partial charge >= 0.3 is 0 Å². The lowest BCUT2D eigenvalue weighted by Crippen LogP contribution is -2.07. The van der Waals surface area contributed by atoms with E-state index in [0.29, 0.717) is 24.2 Å². The van der Waals surface area contributed by atoms with Gasteiger partial charge in [-0.05, 0) is 42.7 Å². The van der Waals surface area contributed by atoms with E-state index in [-0.39, 0.29) is 0 Å². The monoisotopic (exact) mass is 262 g/mol. The number of nitrogen functional groups attached to an aromatic ring is 1. The molecule has 0 aliphatic rings. The van der Waals surface area contributed by atoms with Crippen LogP contribution in [0.4, 0.5) is 20.2 Å². The lowest BCUT2D eigenvalue weighted by molar-refractivity contribution is 0.580. The summed E-state index contributed by atoms with van der Waals surface area (Å²) in [6.07, 6.45) is 0.530. The SMILES string of the molecule is Cc1cccc(NCCc2cc(F)cc(F)c2)c1N. The summed E-state index contributed by atoms with van der Waals surface area (Å²) in [4.78, 5) is 0. The number of para-hydroxylation sites is 1. The van der Waals surface area contributed by atoms with Gasteiger partial charge in [-0.15, -0.1) is 0 Å². The molecule has 0 aromatic heterocycles. The summed E-state index contributed by atoms with van der Waals surface area (Å²) in [5.74, 6) is -1.10. The maximum atomic E-state index is 13.0. The maximum absolute atomic E-state index is 13.0. The van der Waals surface area contributed by atoms with Gasteiger partial charge in [-0.1, -0.05) is 12.1 Å². The van der Waals surface area contributed by atoms with E-state index in [9.17, 15) is 8.78 Å². The molecule has 0 amide bonds. The van der Waals surface area contributed by atoms with E-state index in [1.54, 1.807) is 0 Å². The zero-order chi connectivity index (χ0) is 13.8. The van der Waals surface area contributed by atoms with Crippen LogP contribution in [0, 0.1) is 18.6 Å². The number of halogens is 2. The zero-order valence-corrected chi connectivity index (χ0v) is 10.7. The quantitative estimate of drug-likeness (QED) is 0.827. The fraction of sp³-hybridized carbons (Fsp3) is 0.200. The summed E-state index contributed by atoms with van der Waals surface area (Å²) in [5, 5.41) is 3.17. The molecule has 0 aliphatic heterocycles. The molecule has 4 heteroatoms. The number of nitrogens with two attached hydrogens (primary N) is 1. The molecule has 2 aromatic carbocycles. The van der Waals surface area contributed by atoms with Crippen LogP contribution in [0.1, 0.15) is 11.1 Å². The van der Waals surface area contributed by atoms with Crippen LogP contribution in [0.3, 0.4) is 0 Å². The predicted molar refractivity (Wildman–Crippen MR) is 74.1 cm³/mol. The second-order valence-electron chi connectivity index (χ2n) is 4.49. The van der Waals surface area contributed by atoms with Crippen LogP contribution in [-0.2, 0) is 6.42 Å². The van der Waals surface area contributed by atoms with E-state index in [4.69, 9.17) is 5.73 Å². The highest BCUT2D eigenvalue weighted by Gasteiger charge is 2.03. The summed E-state index contributed by atoms with van der Waals surface area (Å²) < 4.78 is 26.0. The number of anilines is 2. The molecule has 0 spiro atoms. The average molecular weight is 262 g/mol. The van der Waals surface area contributed by atoms with Crippen molar-refractivity contribution in [2.24, 2.45) is 0 Å². The van der Waals surface area contributed by atoms with Gasteiger partial charge in [-0.25, -0.2) is 8.78 Å². The van der Waals surface area contributed by atoms with E-state index in [1.807, 2.05) is 25.1 Å². The van der Waals surface area contributed by atoms with E-state index >= 15 is 0 Å². The highest BCUT2D eigenvalue weighted by molar-refractivity contribution is 5.69. The Morgan fingerprint density at radius 2 is 1.79 bits per heavy atom. The largest absolute Gasteiger partial charge is 0.397 e. The highest BCUT2D eigenvalue weighted by atomic mass is 19.1. The highest BCUT2D eigenvalue weighted by Crippen LogP contribution is 2.21. The molecule has 2 rings (SSSR count). The Labute approximate surface area is 111 Å². The Balaban J connectivity index is 1.98. The first-order valence-corrected chi connectivity index (χ1v) is 6.10. The number of hydrogen-bond acceptors (Lipinski definition) is 2. The first-order chi connectivity index (χ1) is 9.06. The summed E-state index contributed by atoms with van der Waals surface area (Å²) in [5.41, 5.74) is 9.10. The molecule has 0 saturated carbocycles. The third-order valence-corrected chi connectivity index (χ3v) is 2.98. The standard InChI is InChI=1S/C15H16F2N2/c1-10-3-2-4-14(15(10)18)19-6-5-11-7-12(16)9-13(17)8-11/h2-4,7-9,19H,5-6,18H2,1H3. The van der Waals surface area contributed by atoms with Crippen LogP contribution in [0.5, 0.6) is 0 Å². The molecule has 2 aromatic rings. The molecule has 0 aliphatic carbocycles. The molecule has 2 nitrogen and oxygen atoms in total. The van der Waals surface area contributed by atoms with Gasteiger partial charge in [0.15, 0.2) is 0 Å². The Bertz CT molecular complexity index is 562. The molecule has 0 radical (unpaired) electrons. The van der Waals surface area contributed by atoms with Crippen molar-refractivity contribution >= 4 is 11.4 Å². The van der Waals surface area contributed by atoms with E-state index in [1.165, 1.54) is 12.1 Å². The fourth-order valence-corrected chi connectivity index (χ4v) is 1.93. The molecule has 100 valence electrons. The van der Waals surface area contributed by atoms with Crippen LogP contribution in [0.25, 0.3) is 0 Å². The molecular formula is C15H16F2N2. The van der Waals surface area contributed by atoms with Gasteiger partial charge in [0, 0.05) is 12.6 Å². The molecule has 19 heavy (non-hydrogen) atoms. The molecular weight excluding hydrogens is 246 g/mol. The smallest absolute Gasteiger partial charge is 0.126 e. The maximum Gasteiger partial charge on any atom is 0.126 e. The zero-order valence-electron chi connectivity index (χ0n) is 10.7.